The van der Waals surface area contributed by atoms with Crippen LogP contribution in [0.3, 0.4) is 0 Å². The molecule has 1 nitrogen and oxygen atoms in total. The summed E-state index contributed by atoms with van der Waals surface area (Å²) in [4.78, 5) is 1.41. The van der Waals surface area contributed by atoms with Crippen LogP contribution in [0, 0.1) is 0 Å². The Bertz CT molecular complexity index is 320. The van der Waals surface area contributed by atoms with Crippen molar-refractivity contribution in [1.82, 2.24) is 5.32 Å². The van der Waals surface area contributed by atoms with E-state index in [0.29, 0.717) is 0 Å². The quantitative estimate of drug-likeness (QED) is 0.582. The molecule has 2 heteroatoms. The molecule has 1 aromatic rings. The fraction of sp³-hybridized carbons (Fsp3) is 0.273. The van der Waals surface area contributed by atoms with Crippen LogP contribution in [0.4, 0.5) is 0 Å². The van der Waals surface area contributed by atoms with Crippen molar-refractivity contribution in [2.24, 2.45) is 0 Å². The van der Waals surface area contributed by atoms with Gasteiger partial charge in [0, 0.05) is 23.7 Å². The molecule has 0 saturated carbocycles. The molecule has 1 aromatic carbocycles. The lowest BCUT2D eigenvalue weighted by Crippen LogP contribution is -2.00. The van der Waals surface area contributed by atoms with Gasteiger partial charge in [0.2, 0.25) is 0 Å². The Balaban J connectivity index is 2.25. The topological polar surface area (TPSA) is 12.0 Å². The zero-order chi connectivity index (χ0) is 9.10. The fourth-order valence-electron chi connectivity index (χ4n) is 1.58. The Hall–Kier alpha value is -0.730. The fourth-order valence-corrected chi connectivity index (χ4v) is 2.43. The van der Waals surface area contributed by atoms with E-state index < -0.39 is 0 Å². The van der Waals surface area contributed by atoms with Crippen molar-refractivity contribution in [3.8, 4) is 0 Å². The minimum absolute atomic E-state index is 0.996. The van der Waals surface area contributed by atoms with E-state index in [0.717, 1.165) is 18.8 Å². The lowest BCUT2D eigenvalue weighted by atomic mass is 10.1. The third-order valence-corrected chi connectivity index (χ3v) is 3.30. The third-order valence-electron chi connectivity index (χ3n) is 2.20. The number of fused-ring (bicyclic) bond motifs is 1. The highest BCUT2D eigenvalue weighted by Crippen LogP contribution is 2.28. The standard InChI is InChI=1S/C11H13NS/c1-2-6-13-11-5-3-4-9-7-12-8-10(9)11/h2-5,12H,1,6-8H2. The molecule has 0 radical (unpaired) electrons. The monoisotopic (exact) mass is 191 g/mol. The van der Waals surface area contributed by atoms with Crippen LogP contribution >= 0.6 is 11.8 Å². The highest BCUT2D eigenvalue weighted by molar-refractivity contribution is 7.99. The molecule has 13 heavy (non-hydrogen) atoms. The maximum atomic E-state index is 3.73. The van der Waals surface area contributed by atoms with Crippen LogP contribution in [0.15, 0.2) is 35.7 Å². The first-order valence-corrected chi connectivity index (χ1v) is 5.45. The third kappa shape index (κ3) is 1.79. The van der Waals surface area contributed by atoms with Gasteiger partial charge in [-0.2, -0.15) is 0 Å². The number of hydrogen-bond donors (Lipinski definition) is 1. The van der Waals surface area contributed by atoms with Gasteiger partial charge in [-0.05, 0) is 17.2 Å². The van der Waals surface area contributed by atoms with E-state index in [4.69, 9.17) is 0 Å². The number of benzene rings is 1. The largest absolute Gasteiger partial charge is 0.309 e. The van der Waals surface area contributed by atoms with Crippen LogP contribution in [0.1, 0.15) is 11.1 Å². The molecule has 0 aliphatic carbocycles. The van der Waals surface area contributed by atoms with Crippen molar-refractivity contribution in [3.63, 3.8) is 0 Å². The van der Waals surface area contributed by atoms with E-state index in [1.54, 1.807) is 0 Å². The van der Waals surface area contributed by atoms with E-state index in [2.05, 4.69) is 30.1 Å². The summed E-state index contributed by atoms with van der Waals surface area (Å²) in [5, 5.41) is 3.37. The van der Waals surface area contributed by atoms with Gasteiger partial charge in [0.15, 0.2) is 0 Å². The van der Waals surface area contributed by atoms with Crippen LogP contribution in [0.25, 0.3) is 0 Å². The maximum absolute atomic E-state index is 3.73. The molecule has 0 saturated heterocycles. The smallest absolute Gasteiger partial charge is 0.0223 e. The van der Waals surface area contributed by atoms with Crippen LogP contribution in [-0.2, 0) is 13.1 Å². The van der Waals surface area contributed by atoms with Gasteiger partial charge in [0.05, 0.1) is 0 Å². The Kier molecular flexibility index (Phi) is 2.71. The molecule has 2 rings (SSSR count). The van der Waals surface area contributed by atoms with Crippen molar-refractivity contribution < 1.29 is 0 Å². The predicted octanol–water partition coefficient (Wildman–Crippen LogP) is 2.57. The molecule has 0 aromatic heterocycles. The van der Waals surface area contributed by atoms with Gasteiger partial charge < -0.3 is 5.32 Å². The Labute approximate surface area is 83.2 Å². The molecule has 0 amide bonds. The van der Waals surface area contributed by atoms with Gasteiger partial charge in [-0.3, -0.25) is 0 Å². The van der Waals surface area contributed by atoms with Gasteiger partial charge in [0.25, 0.3) is 0 Å². The number of nitrogens with one attached hydrogen (secondary N) is 1. The SMILES string of the molecule is C=CCSc1cccc2c1CNC2. The van der Waals surface area contributed by atoms with Crippen molar-refractivity contribution >= 4 is 11.8 Å². The van der Waals surface area contributed by atoms with E-state index in [1.807, 2.05) is 17.8 Å². The molecule has 1 N–H and O–H groups in total. The average molecular weight is 191 g/mol. The first-order chi connectivity index (χ1) is 6.42. The summed E-state index contributed by atoms with van der Waals surface area (Å²) in [7, 11) is 0. The number of rotatable bonds is 3. The summed E-state index contributed by atoms with van der Waals surface area (Å²) < 4.78 is 0. The maximum Gasteiger partial charge on any atom is 0.0223 e. The first-order valence-electron chi connectivity index (χ1n) is 4.47. The normalized spacial score (nSPS) is 14.2. The van der Waals surface area contributed by atoms with Crippen molar-refractivity contribution in [2.75, 3.05) is 5.75 Å². The zero-order valence-corrected chi connectivity index (χ0v) is 8.36. The molecule has 0 spiro atoms. The van der Waals surface area contributed by atoms with Crippen LogP contribution in [0.5, 0.6) is 0 Å². The van der Waals surface area contributed by atoms with Gasteiger partial charge in [-0.15, -0.1) is 18.3 Å². The minimum atomic E-state index is 0.996. The summed E-state index contributed by atoms with van der Waals surface area (Å²) in [6.07, 6.45) is 1.95. The summed E-state index contributed by atoms with van der Waals surface area (Å²) >= 11 is 1.87. The molecule has 68 valence electrons. The lowest BCUT2D eigenvalue weighted by Gasteiger charge is -2.04. The minimum Gasteiger partial charge on any atom is -0.309 e. The van der Waals surface area contributed by atoms with Gasteiger partial charge >= 0.3 is 0 Å². The number of hydrogen-bond acceptors (Lipinski definition) is 2. The van der Waals surface area contributed by atoms with E-state index in [-0.39, 0.29) is 0 Å². The summed E-state index contributed by atoms with van der Waals surface area (Å²) in [5.41, 5.74) is 2.93. The zero-order valence-electron chi connectivity index (χ0n) is 7.55. The second kappa shape index (κ2) is 3.99. The molecule has 1 aliphatic rings. The highest BCUT2D eigenvalue weighted by atomic mass is 32.2. The summed E-state index contributed by atoms with van der Waals surface area (Å²) in [5.74, 6) is 0.996. The second-order valence-corrected chi connectivity index (χ2v) is 4.16. The molecular formula is C11H13NS. The second-order valence-electron chi connectivity index (χ2n) is 3.10. The van der Waals surface area contributed by atoms with E-state index >= 15 is 0 Å². The van der Waals surface area contributed by atoms with E-state index in [1.165, 1.54) is 16.0 Å². The number of thioether (sulfide) groups is 1. The molecule has 0 unspecified atom stereocenters. The lowest BCUT2D eigenvalue weighted by molar-refractivity contribution is 0.761. The van der Waals surface area contributed by atoms with E-state index in [9.17, 15) is 0 Å². The molecular weight excluding hydrogens is 178 g/mol. The summed E-state index contributed by atoms with van der Waals surface area (Å²) in [6.45, 7) is 5.78. The molecule has 0 bridgehead atoms. The van der Waals surface area contributed by atoms with Crippen molar-refractivity contribution in [3.05, 3.63) is 42.0 Å². The predicted molar refractivity (Wildman–Crippen MR) is 57.9 cm³/mol. The molecule has 0 fully saturated rings. The molecule has 0 atom stereocenters. The molecule has 1 heterocycles. The Morgan fingerprint density at radius 3 is 3.23 bits per heavy atom. The van der Waals surface area contributed by atoms with Crippen LogP contribution in [-0.4, -0.2) is 5.75 Å². The van der Waals surface area contributed by atoms with Gasteiger partial charge in [-0.25, -0.2) is 0 Å². The molecule has 1 aliphatic heterocycles. The highest BCUT2D eigenvalue weighted by Gasteiger charge is 2.12. The summed E-state index contributed by atoms with van der Waals surface area (Å²) in [6, 6.07) is 6.53. The Morgan fingerprint density at radius 1 is 1.46 bits per heavy atom. The van der Waals surface area contributed by atoms with Gasteiger partial charge in [-0.1, -0.05) is 18.2 Å². The van der Waals surface area contributed by atoms with Crippen molar-refractivity contribution in [2.45, 2.75) is 18.0 Å². The first kappa shape index (κ1) is 8.85. The average Bonchev–Trinajstić information content (AvgIpc) is 2.62. The van der Waals surface area contributed by atoms with Crippen LogP contribution < -0.4 is 5.32 Å². The van der Waals surface area contributed by atoms with Crippen LogP contribution in [0.2, 0.25) is 0 Å². The van der Waals surface area contributed by atoms with Crippen molar-refractivity contribution in [1.29, 1.82) is 0 Å². The van der Waals surface area contributed by atoms with Gasteiger partial charge in [0.1, 0.15) is 0 Å². The Morgan fingerprint density at radius 2 is 2.38 bits per heavy atom.